The van der Waals surface area contributed by atoms with Gasteiger partial charge in [0.25, 0.3) is 0 Å². The molecule has 0 radical (unpaired) electrons. The predicted octanol–water partition coefficient (Wildman–Crippen LogP) is 4.74. The van der Waals surface area contributed by atoms with Crippen molar-refractivity contribution in [2.45, 2.75) is 12.3 Å². The Bertz CT molecular complexity index is 564. The molecule has 0 fully saturated rings. The number of aryl methyl sites for hydroxylation is 1. The molecule has 0 heterocycles. The Labute approximate surface area is 108 Å². The van der Waals surface area contributed by atoms with E-state index < -0.39 is 22.8 Å². The van der Waals surface area contributed by atoms with Crippen molar-refractivity contribution in [1.82, 2.24) is 0 Å². The average molecular weight is 271 g/mol. The number of alkyl halides is 1. The van der Waals surface area contributed by atoms with Gasteiger partial charge < -0.3 is 0 Å². The third kappa shape index (κ3) is 2.51. The van der Waals surface area contributed by atoms with E-state index in [1.807, 2.05) is 0 Å². The van der Waals surface area contributed by atoms with Crippen LogP contribution in [0, 0.1) is 24.4 Å². The molecule has 2 rings (SSSR count). The molecule has 18 heavy (non-hydrogen) atoms. The van der Waals surface area contributed by atoms with Crippen molar-refractivity contribution in [3.8, 4) is 0 Å². The van der Waals surface area contributed by atoms with Gasteiger partial charge in [0.05, 0.1) is 5.38 Å². The highest BCUT2D eigenvalue weighted by Crippen LogP contribution is 2.31. The van der Waals surface area contributed by atoms with Crippen LogP contribution in [0.5, 0.6) is 0 Å². The summed E-state index contributed by atoms with van der Waals surface area (Å²) in [7, 11) is 0. The van der Waals surface area contributed by atoms with Crippen molar-refractivity contribution >= 4 is 11.6 Å². The van der Waals surface area contributed by atoms with Gasteiger partial charge in [-0.1, -0.05) is 12.1 Å². The fourth-order valence-corrected chi connectivity index (χ4v) is 2.00. The molecule has 0 aliphatic carbocycles. The molecule has 2 aromatic rings. The van der Waals surface area contributed by atoms with E-state index in [0.717, 1.165) is 6.07 Å². The van der Waals surface area contributed by atoms with Gasteiger partial charge in [0.1, 0.15) is 17.5 Å². The molecule has 1 atom stereocenters. The van der Waals surface area contributed by atoms with Crippen LogP contribution in [-0.4, -0.2) is 0 Å². The van der Waals surface area contributed by atoms with Crippen LogP contribution >= 0.6 is 11.6 Å². The lowest BCUT2D eigenvalue weighted by Crippen LogP contribution is -1.99. The predicted molar refractivity (Wildman–Crippen MR) is 65.2 cm³/mol. The normalized spacial score (nSPS) is 12.5. The summed E-state index contributed by atoms with van der Waals surface area (Å²) in [5.41, 5.74) is 1.06. The first-order chi connectivity index (χ1) is 8.49. The SMILES string of the molecule is Cc1cc(C(Cl)c2ccc(F)cc2)c(F)cc1F. The molecule has 0 saturated carbocycles. The fourth-order valence-electron chi connectivity index (χ4n) is 1.69. The Morgan fingerprint density at radius 3 is 2.17 bits per heavy atom. The van der Waals surface area contributed by atoms with Gasteiger partial charge in [0.15, 0.2) is 0 Å². The zero-order chi connectivity index (χ0) is 13.3. The molecule has 0 bridgehead atoms. The van der Waals surface area contributed by atoms with Crippen molar-refractivity contribution in [3.05, 3.63) is 70.5 Å². The van der Waals surface area contributed by atoms with E-state index in [9.17, 15) is 13.2 Å². The molecule has 4 heteroatoms. The van der Waals surface area contributed by atoms with Crippen molar-refractivity contribution < 1.29 is 13.2 Å². The van der Waals surface area contributed by atoms with Crippen molar-refractivity contribution in [1.29, 1.82) is 0 Å². The standard InChI is InChI=1S/C14H10ClF3/c1-8-6-11(13(18)7-12(8)17)14(15)9-2-4-10(16)5-3-9/h2-7,14H,1H3. The van der Waals surface area contributed by atoms with E-state index in [4.69, 9.17) is 11.6 Å². The second kappa shape index (κ2) is 5.02. The maximum absolute atomic E-state index is 13.6. The Balaban J connectivity index is 2.42. The van der Waals surface area contributed by atoms with Gasteiger partial charge in [-0.3, -0.25) is 0 Å². The van der Waals surface area contributed by atoms with Crippen LogP contribution in [0.3, 0.4) is 0 Å². The van der Waals surface area contributed by atoms with Gasteiger partial charge in [-0.2, -0.15) is 0 Å². The zero-order valence-electron chi connectivity index (χ0n) is 9.55. The van der Waals surface area contributed by atoms with Crippen LogP contribution in [0.1, 0.15) is 22.1 Å². The van der Waals surface area contributed by atoms with Crippen LogP contribution in [0.15, 0.2) is 36.4 Å². The highest BCUT2D eigenvalue weighted by atomic mass is 35.5. The minimum Gasteiger partial charge on any atom is -0.207 e. The Kier molecular flexibility index (Phi) is 3.62. The number of halogens is 4. The summed E-state index contributed by atoms with van der Waals surface area (Å²) in [6.45, 7) is 1.53. The van der Waals surface area contributed by atoms with Crippen LogP contribution in [0.4, 0.5) is 13.2 Å². The number of hydrogen-bond acceptors (Lipinski definition) is 0. The van der Waals surface area contributed by atoms with E-state index in [1.54, 1.807) is 0 Å². The summed E-state index contributed by atoms with van der Waals surface area (Å²) in [6.07, 6.45) is 0. The van der Waals surface area contributed by atoms with E-state index >= 15 is 0 Å². The fraction of sp³-hybridized carbons (Fsp3) is 0.143. The average Bonchev–Trinajstić information content (AvgIpc) is 2.34. The largest absolute Gasteiger partial charge is 0.207 e. The van der Waals surface area contributed by atoms with Gasteiger partial charge in [-0.25, -0.2) is 13.2 Å². The molecule has 0 nitrogen and oxygen atoms in total. The Morgan fingerprint density at radius 1 is 0.944 bits per heavy atom. The summed E-state index contributed by atoms with van der Waals surface area (Å²) >= 11 is 6.13. The molecule has 0 saturated heterocycles. The second-order valence-corrected chi connectivity index (χ2v) is 4.47. The molecule has 0 aliphatic rings. The summed E-state index contributed by atoms with van der Waals surface area (Å²) in [5.74, 6) is -1.71. The zero-order valence-corrected chi connectivity index (χ0v) is 10.3. The summed E-state index contributed by atoms with van der Waals surface area (Å²) in [5, 5.41) is -0.773. The topological polar surface area (TPSA) is 0 Å². The summed E-state index contributed by atoms with van der Waals surface area (Å²) in [4.78, 5) is 0. The van der Waals surface area contributed by atoms with Crippen molar-refractivity contribution in [2.24, 2.45) is 0 Å². The van der Waals surface area contributed by atoms with Gasteiger partial charge in [-0.15, -0.1) is 11.6 Å². The summed E-state index contributed by atoms with van der Waals surface area (Å²) in [6, 6.07) is 7.63. The van der Waals surface area contributed by atoms with Gasteiger partial charge >= 0.3 is 0 Å². The molecule has 0 spiro atoms. The second-order valence-electron chi connectivity index (χ2n) is 4.04. The molecule has 0 aliphatic heterocycles. The lowest BCUT2D eigenvalue weighted by Gasteiger charge is -2.12. The van der Waals surface area contributed by atoms with Gasteiger partial charge in [0, 0.05) is 11.6 Å². The highest BCUT2D eigenvalue weighted by molar-refractivity contribution is 6.22. The van der Waals surface area contributed by atoms with Crippen LogP contribution < -0.4 is 0 Å². The molecular weight excluding hydrogens is 261 g/mol. The van der Waals surface area contributed by atoms with Gasteiger partial charge in [0.2, 0.25) is 0 Å². The minimum atomic E-state index is -0.773. The number of rotatable bonds is 2. The van der Waals surface area contributed by atoms with Crippen LogP contribution in [0.2, 0.25) is 0 Å². The van der Waals surface area contributed by atoms with E-state index in [1.165, 1.54) is 37.3 Å². The third-order valence-corrected chi connectivity index (χ3v) is 3.20. The lowest BCUT2D eigenvalue weighted by molar-refractivity contribution is 0.568. The number of hydrogen-bond donors (Lipinski definition) is 0. The molecule has 0 amide bonds. The first-order valence-corrected chi connectivity index (χ1v) is 5.78. The first-order valence-electron chi connectivity index (χ1n) is 5.34. The third-order valence-electron chi connectivity index (χ3n) is 2.71. The van der Waals surface area contributed by atoms with Crippen LogP contribution in [-0.2, 0) is 0 Å². The van der Waals surface area contributed by atoms with E-state index in [2.05, 4.69) is 0 Å². The Morgan fingerprint density at radius 2 is 1.56 bits per heavy atom. The Hall–Kier alpha value is -1.48. The molecule has 0 N–H and O–H groups in total. The molecule has 0 aromatic heterocycles. The van der Waals surface area contributed by atoms with E-state index in [-0.39, 0.29) is 5.56 Å². The highest BCUT2D eigenvalue weighted by Gasteiger charge is 2.17. The maximum atomic E-state index is 13.6. The minimum absolute atomic E-state index is 0.183. The lowest BCUT2D eigenvalue weighted by atomic mass is 10.0. The van der Waals surface area contributed by atoms with Crippen molar-refractivity contribution in [2.75, 3.05) is 0 Å². The summed E-state index contributed by atoms with van der Waals surface area (Å²) < 4.78 is 39.6. The first kappa shape index (κ1) is 13.0. The molecular formula is C14H10ClF3. The van der Waals surface area contributed by atoms with Crippen LogP contribution in [0.25, 0.3) is 0 Å². The monoisotopic (exact) mass is 270 g/mol. The quantitative estimate of drug-likeness (QED) is 0.692. The molecule has 94 valence electrons. The van der Waals surface area contributed by atoms with Gasteiger partial charge in [-0.05, 0) is 36.2 Å². The number of benzene rings is 2. The van der Waals surface area contributed by atoms with Crippen molar-refractivity contribution in [3.63, 3.8) is 0 Å². The maximum Gasteiger partial charge on any atom is 0.131 e. The molecule has 2 aromatic carbocycles. The van der Waals surface area contributed by atoms with E-state index in [0.29, 0.717) is 11.1 Å². The smallest absolute Gasteiger partial charge is 0.131 e. The molecule has 1 unspecified atom stereocenters.